The van der Waals surface area contributed by atoms with E-state index in [0.717, 1.165) is 27.0 Å². The minimum absolute atomic E-state index is 0.0215. The molecule has 0 aromatic heterocycles. The van der Waals surface area contributed by atoms with Crippen LogP contribution in [-0.4, -0.2) is 5.91 Å². The van der Waals surface area contributed by atoms with Crippen LogP contribution in [0.3, 0.4) is 0 Å². The molecule has 0 atom stereocenters. The lowest BCUT2D eigenvalue weighted by Crippen LogP contribution is -2.26. The minimum Gasteiger partial charge on any atom is -0.307 e. The number of carbonyl (C=O) groups excluding carboxylic acids is 1. The lowest BCUT2D eigenvalue weighted by molar-refractivity contribution is -0.117. The first-order valence-electron chi connectivity index (χ1n) is 6.07. The van der Waals surface area contributed by atoms with E-state index in [4.69, 9.17) is 0 Å². The first kappa shape index (κ1) is 13.5. The van der Waals surface area contributed by atoms with Crippen molar-refractivity contribution in [2.45, 2.75) is 13.0 Å². The Morgan fingerprint density at radius 3 is 2.65 bits per heavy atom. The first-order chi connectivity index (χ1) is 9.54. The van der Waals surface area contributed by atoms with Gasteiger partial charge in [0.05, 0.1) is 13.0 Å². The van der Waals surface area contributed by atoms with Gasteiger partial charge in [0, 0.05) is 9.26 Å². The van der Waals surface area contributed by atoms with Crippen molar-refractivity contribution >= 4 is 34.2 Å². The molecule has 0 radical (unpaired) electrons. The summed E-state index contributed by atoms with van der Waals surface area (Å²) in [5.41, 5.74) is 2.40. The molecule has 0 saturated carbocycles. The van der Waals surface area contributed by atoms with E-state index in [1.807, 2.05) is 18.2 Å². The predicted octanol–water partition coefficient (Wildman–Crippen LogP) is 3.66. The summed E-state index contributed by atoms with van der Waals surface area (Å²) in [6, 6.07) is 9.50. The number of hydrogen-bond donors (Lipinski definition) is 0. The Kier molecular flexibility index (Phi) is 3.45. The SMILES string of the molecule is O=C1Cc2cc(I)ccc2N1Cc1ccc(F)c(F)c1. The zero-order valence-corrected chi connectivity index (χ0v) is 12.5. The van der Waals surface area contributed by atoms with Crippen LogP contribution in [0, 0.1) is 15.2 Å². The van der Waals surface area contributed by atoms with Gasteiger partial charge in [0.2, 0.25) is 5.91 Å². The molecule has 2 nitrogen and oxygen atoms in total. The summed E-state index contributed by atoms with van der Waals surface area (Å²) in [6.45, 7) is 0.254. The second kappa shape index (κ2) is 5.12. The van der Waals surface area contributed by atoms with Crippen LogP contribution in [-0.2, 0) is 17.8 Å². The summed E-state index contributed by atoms with van der Waals surface area (Å²) in [5, 5.41) is 0. The van der Waals surface area contributed by atoms with E-state index in [-0.39, 0.29) is 12.5 Å². The van der Waals surface area contributed by atoms with Gasteiger partial charge in [0.25, 0.3) is 0 Å². The maximum absolute atomic E-state index is 13.2. The molecule has 3 rings (SSSR count). The van der Waals surface area contributed by atoms with E-state index in [1.54, 1.807) is 4.90 Å². The van der Waals surface area contributed by atoms with Crippen LogP contribution >= 0.6 is 22.6 Å². The van der Waals surface area contributed by atoms with Crippen LogP contribution in [0.1, 0.15) is 11.1 Å². The monoisotopic (exact) mass is 385 g/mol. The van der Waals surface area contributed by atoms with Gasteiger partial charge in [-0.1, -0.05) is 6.07 Å². The lowest BCUT2D eigenvalue weighted by atomic mass is 10.1. The third-order valence-corrected chi connectivity index (χ3v) is 3.97. The molecule has 1 aliphatic heterocycles. The Labute approximate surface area is 128 Å². The Morgan fingerprint density at radius 1 is 1.10 bits per heavy atom. The number of anilines is 1. The largest absolute Gasteiger partial charge is 0.307 e. The summed E-state index contributed by atoms with van der Waals surface area (Å²) in [7, 11) is 0. The number of halogens is 3. The zero-order chi connectivity index (χ0) is 14.3. The van der Waals surface area contributed by atoms with Gasteiger partial charge in [-0.3, -0.25) is 4.79 Å². The zero-order valence-electron chi connectivity index (χ0n) is 10.4. The van der Waals surface area contributed by atoms with Gasteiger partial charge in [-0.05, 0) is 64.0 Å². The Bertz CT molecular complexity index is 702. The summed E-state index contributed by atoms with van der Waals surface area (Å²) >= 11 is 2.20. The summed E-state index contributed by atoms with van der Waals surface area (Å²) in [6.07, 6.45) is 0.357. The average Bonchev–Trinajstić information content (AvgIpc) is 2.69. The number of rotatable bonds is 2. The summed E-state index contributed by atoms with van der Waals surface area (Å²) in [5.74, 6) is -1.79. The Hall–Kier alpha value is -1.50. The van der Waals surface area contributed by atoms with E-state index in [2.05, 4.69) is 22.6 Å². The molecule has 1 amide bonds. The number of benzene rings is 2. The van der Waals surface area contributed by atoms with Gasteiger partial charge < -0.3 is 4.90 Å². The minimum atomic E-state index is -0.892. The highest BCUT2D eigenvalue weighted by molar-refractivity contribution is 14.1. The quantitative estimate of drug-likeness (QED) is 0.723. The van der Waals surface area contributed by atoms with Crippen LogP contribution < -0.4 is 4.90 Å². The molecule has 1 heterocycles. The van der Waals surface area contributed by atoms with Crippen LogP contribution in [0.15, 0.2) is 36.4 Å². The van der Waals surface area contributed by atoms with Gasteiger partial charge in [-0.2, -0.15) is 0 Å². The van der Waals surface area contributed by atoms with E-state index >= 15 is 0 Å². The molecule has 0 N–H and O–H groups in total. The molecule has 5 heteroatoms. The van der Waals surface area contributed by atoms with Crippen molar-refractivity contribution in [3.63, 3.8) is 0 Å². The van der Waals surface area contributed by atoms with Gasteiger partial charge in [-0.25, -0.2) is 8.78 Å². The van der Waals surface area contributed by atoms with Crippen molar-refractivity contribution in [1.29, 1.82) is 0 Å². The van der Waals surface area contributed by atoms with Crippen molar-refractivity contribution < 1.29 is 13.6 Å². The molecule has 0 saturated heterocycles. The van der Waals surface area contributed by atoms with Crippen LogP contribution in [0.4, 0.5) is 14.5 Å². The first-order valence-corrected chi connectivity index (χ1v) is 7.15. The molecule has 0 spiro atoms. The van der Waals surface area contributed by atoms with Gasteiger partial charge >= 0.3 is 0 Å². The second-order valence-electron chi connectivity index (χ2n) is 4.68. The molecular weight excluding hydrogens is 375 g/mol. The summed E-state index contributed by atoms with van der Waals surface area (Å²) < 4.78 is 27.2. The van der Waals surface area contributed by atoms with Crippen molar-refractivity contribution in [2.24, 2.45) is 0 Å². The van der Waals surface area contributed by atoms with Crippen molar-refractivity contribution in [2.75, 3.05) is 4.90 Å². The van der Waals surface area contributed by atoms with Crippen molar-refractivity contribution in [3.05, 3.63) is 62.7 Å². The van der Waals surface area contributed by atoms with Crippen LogP contribution in [0.5, 0.6) is 0 Å². The van der Waals surface area contributed by atoms with Gasteiger partial charge in [-0.15, -0.1) is 0 Å². The Balaban J connectivity index is 1.92. The van der Waals surface area contributed by atoms with Crippen LogP contribution in [0.25, 0.3) is 0 Å². The molecule has 1 aliphatic rings. The number of amides is 1. The van der Waals surface area contributed by atoms with Gasteiger partial charge in [0.15, 0.2) is 11.6 Å². The van der Waals surface area contributed by atoms with Gasteiger partial charge in [0.1, 0.15) is 0 Å². The fourth-order valence-corrected chi connectivity index (χ4v) is 2.90. The summed E-state index contributed by atoms with van der Waals surface area (Å²) in [4.78, 5) is 13.7. The maximum atomic E-state index is 13.2. The third-order valence-electron chi connectivity index (χ3n) is 3.30. The molecule has 0 aliphatic carbocycles. The number of carbonyl (C=O) groups is 1. The standard InChI is InChI=1S/C15H10F2INO/c16-12-3-1-9(5-13(12)17)8-19-14-4-2-11(18)6-10(14)7-15(19)20/h1-6H,7-8H2. The van der Waals surface area contributed by atoms with Crippen LogP contribution in [0.2, 0.25) is 0 Å². The maximum Gasteiger partial charge on any atom is 0.231 e. The molecular formula is C15H10F2INO. The fourth-order valence-electron chi connectivity index (χ4n) is 2.35. The smallest absolute Gasteiger partial charge is 0.231 e. The third kappa shape index (κ3) is 2.42. The second-order valence-corrected chi connectivity index (χ2v) is 5.92. The molecule has 102 valence electrons. The topological polar surface area (TPSA) is 20.3 Å². The highest BCUT2D eigenvalue weighted by Crippen LogP contribution is 2.31. The van der Waals surface area contributed by atoms with E-state index in [0.29, 0.717) is 12.0 Å². The predicted molar refractivity (Wildman–Crippen MR) is 80.4 cm³/mol. The Morgan fingerprint density at radius 2 is 1.90 bits per heavy atom. The molecule has 0 bridgehead atoms. The fraction of sp³-hybridized carbons (Fsp3) is 0.133. The number of fused-ring (bicyclic) bond motifs is 1. The van der Waals surface area contributed by atoms with E-state index in [9.17, 15) is 13.6 Å². The molecule has 0 fully saturated rings. The normalized spacial score (nSPS) is 13.8. The number of hydrogen-bond acceptors (Lipinski definition) is 1. The molecule has 2 aromatic rings. The van der Waals surface area contributed by atoms with E-state index < -0.39 is 11.6 Å². The highest BCUT2D eigenvalue weighted by atomic mass is 127. The molecule has 0 unspecified atom stereocenters. The number of nitrogens with zero attached hydrogens (tertiary/aromatic N) is 1. The van der Waals surface area contributed by atoms with Crippen molar-refractivity contribution in [3.8, 4) is 0 Å². The lowest BCUT2D eigenvalue weighted by Gasteiger charge is -2.17. The van der Waals surface area contributed by atoms with Crippen molar-refractivity contribution in [1.82, 2.24) is 0 Å². The molecule has 20 heavy (non-hydrogen) atoms. The highest BCUT2D eigenvalue weighted by Gasteiger charge is 2.27. The molecule has 2 aromatic carbocycles. The van der Waals surface area contributed by atoms with E-state index in [1.165, 1.54) is 6.07 Å². The average molecular weight is 385 g/mol.